The number of thiophene rings is 1. The lowest BCUT2D eigenvalue weighted by Crippen LogP contribution is -2.17. The van der Waals surface area contributed by atoms with E-state index in [2.05, 4.69) is 71.3 Å². The summed E-state index contributed by atoms with van der Waals surface area (Å²) in [4.78, 5) is 1.38. The highest BCUT2D eigenvalue weighted by atomic mass is 79.9. The van der Waals surface area contributed by atoms with Crippen LogP contribution in [0.15, 0.2) is 37.0 Å². The maximum atomic E-state index is 5.73. The summed E-state index contributed by atoms with van der Waals surface area (Å²) in [6, 6.07) is 8.37. The van der Waals surface area contributed by atoms with Gasteiger partial charge in [0.05, 0.1) is 14.9 Å². The summed E-state index contributed by atoms with van der Waals surface area (Å²) in [5.41, 5.74) is 1.16. The number of hydrogen-bond donors (Lipinski definition) is 1. The van der Waals surface area contributed by atoms with E-state index < -0.39 is 0 Å². The molecule has 0 spiro atoms. The van der Waals surface area contributed by atoms with Gasteiger partial charge in [-0.25, -0.2) is 0 Å². The zero-order valence-electron chi connectivity index (χ0n) is 11.6. The van der Waals surface area contributed by atoms with Gasteiger partial charge < -0.3 is 10.1 Å². The standard InChI is InChI=1S/C15H16Br3NOS/c1-2-20-15-10(7-11(16)8-13(15)17)9-19-6-5-12-3-4-14(18)21-12/h3-4,7-8,19H,2,5-6,9H2,1H3. The van der Waals surface area contributed by atoms with Crippen molar-refractivity contribution in [1.29, 1.82) is 0 Å². The Balaban J connectivity index is 1.92. The Bertz CT molecular complexity index is 601. The quantitative estimate of drug-likeness (QED) is 0.490. The molecule has 0 aliphatic rings. The van der Waals surface area contributed by atoms with Crippen molar-refractivity contribution in [3.8, 4) is 5.75 Å². The van der Waals surface area contributed by atoms with Gasteiger partial charge in [-0.1, -0.05) is 15.9 Å². The summed E-state index contributed by atoms with van der Waals surface area (Å²) in [5.74, 6) is 0.923. The van der Waals surface area contributed by atoms with Gasteiger partial charge in [-0.05, 0) is 69.5 Å². The lowest BCUT2D eigenvalue weighted by Gasteiger charge is -2.13. The highest BCUT2D eigenvalue weighted by Crippen LogP contribution is 2.33. The minimum atomic E-state index is 0.663. The van der Waals surface area contributed by atoms with E-state index in [1.807, 2.05) is 13.0 Å². The van der Waals surface area contributed by atoms with Gasteiger partial charge in [-0.2, -0.15) is 0 Å². The first kappa shape index (κ1) is 17.5. The highest BCUT2D eigenvalue weighted by molar-refractivity contribution is 9.11. The Kier molecular flexibility index (Phi) is 7.22. The molecule has 0 saturated heterocycles. The molecule has 0 atom stereocenters. The Hall–Kier alpha value is 0.120. The number of benzene rings is 1. The van der Waals surface area contributed by atoms with Crippen molar-refractivity contribution in [1.82, 2.24) is 5.32 Å². The molecule has 2 aromatic rings. The average molecular weight is 498 g/mol. The summed E-state index contributed by atoms with van der Waals surface area (Å²) >= 11 is 12.4. The molecule has 2 nitrogen and oxygen atoms in total. The van der Waals surface area contributed by atoms with Crippen LogP contribution in [0, 0.1) is 0 Å². The first-order chi connectivity index (χ1) is 10.1. The van der Waals surface area contributed by atoms with Crippen LogP contribution in [0.1, 0.15) is 17.4 Å². The van der Waals surface area contributed by atoms with Crippen molar-refractivity contribution >= 4 is 59.1 Å². The average Bonchev–Trinajstić information content (AvgIpc) is 2.84. The molecule has 0 fully saturated rings. The molecule has 0 aliphatic heterocycles. The molecule has 0 amide bonds. The van der Waals surface area contributed by atoms with Crippen LogP contribution in [-0.2, 0) is 13.0 Å². The van der Waals surface area contributed by atoms with E-state index in [1.165, 1.54) is 8.66 Å². The number of hydrogen-bond acceptors (Lipinski definition) is 3. The van der Waals surface area contributed by atoms with Crippen molar-refractivity contribution < 1.29 is 4.74 Å². The zero-order valence-corrected chi connectivity index (χ0v) is 17.2. The molecular weight excluding hydrogens is 482 g/mol. The first-order valence-electron chi connectivity index (χ1n) is 6.65. The Morgan fingerprint density at radius 2 is 2.00 bits per heavy atom. The van der Waals surface area contributed by atoms with Crippen LogP contribution >= 0.6 is 59.1 Å². The topological polar surface area (TPSA) is 21.3 Å². The molecule has 1 aromatic heterocycles. The fourth-order valence-electron chi connectivity index (χ4n) is 1.97. The summed E-state index contributed by atoms with van der Waals surface area (Å²) in [6.45, 7) is 4.40. The Morgan fingerprint density at radius 3 is 2.67 bits per heavy atom. The summed E-state index contributed by atoms with van der Waals surface area (Å²) < 4.78 is 8.95. The van der Waals surface area contributed by atoms with Gasteiger partial charge in [0.1, 0.15) is 5.75 Å². The molecule has 21 heavy (non-hydrogen) atoms. The molecule has 0 aliphatic carbocycles. The minimum absolute atomic E-state index is 0.663. The molecule has 2 rings (SSSR count). The van der Waals surface area contributed by atoms with Crippen LogP contribution in [0.2, 0.25) is 0 Å². The lowest BCUT2D eigenvalue weighted by molar-refractivity contribution is 0.333. The summed E-state index contributed by atoms with van der Waals surface area (Å²) in [6.07, 6.45) is 1.04. The van der Waals surface area contributed by atoms with Crippen molar-refractivity contribution in [3.63, 3.8) is 0 Å². The van der Waals surface area contributed by atoms with Crippen molar-refractivity contribution in [2.24, 2.45) is 0 Å². The van der Waals surface area contributed by atoms with E-state index in [9.17, 15) is 0 Å². The fraction of sp³-hybridized carbons (Fsp3) is 0.333. The largest absolute Gasteiger partial charge is 0.492 e. The normalized spacial score (nSPS) is 10.9. The van der Waals surface area contributed by atoms with Crippen molar-refractivity contribution in [3.05, 3.63) is 47.4 Å². The third-order valence-electron chi connectivity index (χ3n) is 2.87. The number of nitrogens with one attached hydrogen (secondary N) is 1. The third-order valence-corrected chi connectivity index (χ3v) is 5.60. The van der Waals surface area contributed by atoms with Crippen LogP contribution in [-0.4, -0.2) is 13.2 Å². The van der Waals surface area contributed by atoms with Gasteiger partial charge >= 0.3 is 0 Å². The lowest BCUT2D eigenvalue weighted by atomic mass is 10.2. The van der Waals surface area contributed by atoms with E-state index in [1.54, 1.807) is 11.3 Å². The Morgan fingerprint density at radius 1 is 1.19 bits per heavy atom. The smallest absolute Gasteiger partial charge is 0.138 e. The number of rotatable bonds is 7. The van der Waals surface area contributed by atoms with Crippen LogP contribution in [0.5, 0.6) is 5.75 Å². The van der Waals surface area contributed by atoms with E-state index in [4.69, 9.17) is 4.74 Å². The van der Waals surface area contributed by atoms with Crippen LogP contribution in [0.25, 0.3) is 0 Å². The maximum absolute atomic E-state index is 5.73. The predicted octanol–water partition coefficient (Wildman–Crippen LogP) is 5.77. The highest BCUT2D eigenvalue weighted by Gasteiger charge is 2.09. The van der Waals surface area contributed by atoms with Crippen LogP contribution in [0.3, 0.4) is 0 Å². The molecule has 1 aromatic carbocycles. The van der Waals surface area contributed by atoms with Crippen molar-refractivity contribution in [2.45, 2.75) is 19.9 Å². The fourth-order valence-corrected chi connectivity index (χ4v) is 4.88. The van der Waals surface area contributed by atoms with E-state index in [0.29, 0.717) is 6.61 Å². The van der Waals surface area contributed by atoms with Gasteiger partial charge in [0.2, 0.25) is 0 Å². The summed E-state index contributed by atoms with van der Waals surface area (Å²) in [5, 5.41) is 3.48. The molecule has 0 radical (unpaired) electrons. The van der Waals surface area contributed by atoms with E-state index in [0.717, 1.165) is 39.8 Å². The van der Waals surface area contributed by atoms with Gasteiger partial charge in [-0.3, -0.25) is 0 Å². The molecule has 0 bridgehead atoms. The molecule has 0 unspecified atom stereocenters. The minimum Gasteiger partial charge on any atom is -0.492 e. The van der Waals surface area contributed by atoms with E-state index in [-0.39, 0.29) is 0 Å². The molecule has 0 saturated carbocycles. The molecule has 1 N–H and O–H groups in total. The predicted molar refractivity (Wildman–Crippen MR) is 100 cm³/mol. The molecule has 1 heterocycles. The van der Waals surface area contributed by atoms with Gasteiger partial charge in [0, 0.05) is 28.0 Å². The van der Waals surface area contributed by atoms with Crippen LogP contribution < -0.4 is 10.1 Å². The first-order valence-corrected chi connectivity index (χ1v) is 9.85. The SMILES string of the molecule is CCOc1c(Br)cc(Br)cc1CNCCc1ccc(Br)s1. The van der Waals surface area contributed by atoms with Crippen molar-refractivity contribution in [2.75, 3.05) is 13.2 Å². The van der Waals surface area contributed by atoms with Gasteiger partial charge in [-0.15, -0.1) is 11.3 Å². The second kappa shape index (κ2) is 8.67. The Labute approximate surface area is 154 Å². The monoisotopic (exact) mass is 495 g/mol. The molecule has 6 heteroatoms. The number of ether oxygens (including phenoxy) is 1. The number of halogens is 3. The zero-order chi connectivity index (χ0) is 15.2. The second-order valence-corrected chi connectivity index (χ2v) is 8.76. The molecule has 114 valence electrons. The second-order valence-electron chi connectivity index (χ2n) is 4.44. The molecular formula is C15H16Br3NOS. The van der Waals surface area contributed by atoms with Gasteiger partial charge in [0.25, 0.3) is 0 Å². The third kappa shape index (κ3) is 5.36. The maximum Gasteiger partial charge on any atom is 0.138 e. The van der Waals surface area contributed by atoms with Gasteiger partial charge in [0.15, 0.2) is 0 Å². The summed E-state index contributed by atoms with van der Waals surface area (Å²) in [7, 11) is 0. The van der Waals surface area contributed by atoms with Crippen LogP contribution in [0.4, 0.5) is 0 Å². The van der Waals surface area contributed by atoms with E-state index >= 15 is 0 Å².